The Morgan fingerprint density at radius 1 is 1.26 bits per heavy atom. The van der Waals surface area contributed by atoms with E-state index in [1.54, 1.807) is 0 Å². The van der Waals surface area contributed by atoms with Gasteiger partial charge in [-0.25, -0.2) is 4.98 Å². The van der Waals surface area contributed by atoms with Gasteiger partial charge in [0.05, 0.1) is 29.5 Å². The van der Waals surface area contributed by atoms with Crippen LogP contribution in [0.1, 0.15) is 45.9 Å². The largest absolute Gasteiger partial charge is 0.465 e. The number of fused-ring (bicyclic) bond motifs is 1. The lowest BCUT2D eigenvalue weighted by Crippen LogP contribution is -2.26. The first-order valence-electron chi connectivity index (χ1n) is 8.05. The van der Waals surface area contributed by atoms with Crippen LogP contribution in [0.15, 0.2) is 24.3 Å². The smallest absolute Gasteiger partial charge is 0.311 e. The van der Waals surface area contributed by atoms with E-state index in [0.717, 1.165) is 17.5 Å². The number of aromatic amines is 1. The van der Waals surface area contributed by atoms with Crippen molar-refractivity contribution in [3.05, 3.63) is 30.1 Å². The van der Waals surface area contributed by atoms with Crippen LogP contribution in [0.4, 0.5) is 0 Å². The number of H-pyrrole nitrogens is 1. The van der Waals surface area contributed by atoms with E-state index in [4.69, 9.17) is 4.74 Å². The molecule has 2 rings (SSSR count). The molecule has 5 heteroatoms. The van der Waals surface area contributed by atoms with Crippen molar-refractivity contribution in [3.63, 3.8) is 0 Å². The van der Waals surface area contributed by atoms with Crippen LogP contribution >= 0.6 is 0 Å². The number of para-hydroxylation sites is 2. The van der Waals surface area contributed by atoms with Crippen molar-refractivity contribution in [2.45, 2.75) is 46.5 Å². The minimum absolute atomic E-state index is 0.0925. The minimum atomic E-state index is -0.460. The Kier molecular flexibility index (Phi) is 5.53. The number of hydrogen-bond acceptors (Lipinski definition) is 4. The van der Waals surface area contributed by atoms with Gasteiger partial charge in [0.2, 0.25) is 0 Å². The Hall–Kier alpha value is -2.17. The number of carbonyl (C=O) groups excluding carboxylic acids is 2. The molecule has 5 nitrogen and oxygen atoms in total. The van der Waals surface area contributed by atoms with Crippen molar-refractivity contribution < 1.29 is 14.3 Å². The Morgan fingerprint density at radius 2 is 2.00 bits per heavy atom. The zero-order valence-corrected chi connectivity index (χ0v) is 14.0. The molecule has 1 aromatic heterocycles. The molecule has 0 bridgehead atoms. The average molecular weight is 316 g/mol. The van der Waals surface area contributed by atoms with Gasteiger partial charge in [-0.3, -0.25) is 9.59 Å². The van der Waals surface area contributed by atoms with Gasteiger partial charge in [-0.15, -0.1) is 0 Å². The first-order valence-corrected chi connectivity index (χ1v) is 8.05. The van der Waals surface area contributed by atoms with E-state index in [0.29, 0.717) is 18.7 Å². The maximum atomic E-state index is 12.0. The van der Waals surface area contributed by atoms with Gasteiger partial charge in [-0.2, -0.15) is 0 Å². The summed E-state index contributed by atoms with van der Waals surface area (Å²) in [6, 6.07) is 7.69. The molecule has 23 heavy (non-hydrogen) atoms. The molecule has 1 N–H and O–H groups in total. The molecule has 0 unspecified atom stereocenters. The standard InChI is InChI=1S/C18H24N2O3/c1-4-18(2,3)17(22)23-11-7-8-13(21)12-16-19-14-9-5-6-10-15(14)20-16/h5-6,9-10H,4,7-8,11-12H2,1-3H3,(H,19,20). The molecule has 1 heterocycles. The van der Waals surface area contributed by atoms with Gasteiger partial charge < -0.3 is 9.72 Å². The third-order valence-electron chi connectivity index (χ3n) is 4.07. The lowest BCUT2D eigenvalue weighted by atomic mass is 9.91. The van der Waals surface area contributed by atoms with E-state index >= 15 is 0 Å². The number of carbonyl (C=O) groups is 2. The van der Waals surface area contributed by atoms with Crippen molar-refractivity contribution >= 4 is 22.8 Å². The lowest BCUT2D eigenvalue weighted by Gasteiger charge is -2.20. The van der Waals surface area contributed by atoms with Gasteiger partial charge in [0.25, 0.3) is 0 Å². The Balaban J connectivity index is 1.74. The van der Waals surface area contributed by atoms with E-state index in [-0.39, 0.29) is 24.8 Å². The molecule has 0 amide bonds. The van der Waals surface area contributed by atoms with Crippen LogP contribution < -0.4 is 0 Å². The molecule has 0 atom stereocenters. The van der Waals surface area contributed by atoms with Crippen molar-refractivity contribution in [1.82, 2.24) is 9.97 Å². The topological polar surface area (TPSA) is 72.1 Å². The molecule has 0 saturated carbocycles. The van der Waals surface area contributed by atoms with Gasteiger partial charge in [-0.05, 0) is 38.8 Å². The predicted molar refractivity (Wildman–Crippen MR) is 89.1 cm³/mol. The van der Waals surface area contributed by atoms with Gasteiger partial charge in [0, 0.05) is 6.42 Å². The number of ketones is 1. The first-order chi connectivity index (χ1) is 10.9. The van der Waals surface area contributed by atoms with Gasteiger partial charge in [0.1, 0.15) is 11.6 Å². The number of benzene rings is 1. The number of esters is 1. The number of rotatable bonds is 8. The van der Waals surface area contributed by atoms with E-state index in [1.807, 2.05) is 45.0 Å². The summed E-state index contributed by atoms with van der Waals surface area (Å²) >= 11 is 0. The van der Waals surface area contributed by atoms with Crippen molar-refractivity contribution in [3.8, 4) is 0 Å². The molecule has 0 radical (unpaired) electrons. The zero-order chi connectivity index (χ0) is 16.9. The normalized spacial score (nSPS) is 11.6. The van der Waals surface area contributed by atoms with Crippen LogP contribution in [0.2, 0.25) is 0 Å². The van der Waals surface area contributed by atoms with Crippen molar-refractivity contribution in [2.75, 3.05) is 6.61 Å². The second-order valence-corrected chi connectivity index (χ2v) is 6.39. The van der Waals surface area contributed by atoms with E-state index in [1.165, 1.54) is 0 Å². The lowest BCUT2D eigenvalue weighted by molar-refractivity contribution is -0.154. The van der Waals surface area contributed by atoms with E-state index in [9.17, 15) is 9.59 Å². The van der Waals surface area contributed by atoms with E-state index in [2.05, 4.69) is 9.97 Å². The summed E-state index contributed by atoms with van der Waals surface area (Å²) in [6.45, 7) is 5.97. The highest BCUT2D eigenvalue weighted by Gasteiger charge is 2.26. The molecular formula is C18H24N2O3. The summed E-state index contributed by atoms with van der Waals surface area (Å²) in [7, 11) is 0. The predicted octanol–water partition coefficient (Wildman–Crippen LogP) is 3.43. The molecule has 2 aromatic rings. The third-order valence-corrected chi connectivity index (χ3v) is 4.07. The SMILES string of the molecule is CCC(C)(C)C(=O)OCCCC(=O)Cc1nc2ccccc2[nH]1. The number of nitrogens with one attached hydrogen (secondary N) is 1. The van der Waals surface area contributed by atoms with Crippen molar-refractivity contribution in [1.29, 1.82) is 0 Å². The molecular weight excluding hydrogens is 292 g/mol. The van der Waals surface area contributed by atoms with Crippen LogP contribution in [0, 0.1) is 5.41 Å². The Labute approximate surface area is 136 Å². The zero-order valence-electron chi connectivity index (χ0n) is 14.0. The number of hydrogen-bond donors (Lipinski definition) is 1. The maximum absolute atomic E-state index is 12.0. The highest BCUT2D eigenvalue weighted by molar-refractivity contribution is 5.82. The molecule has 0 spiro atoms. The second-order valence-electron chi connectivity index (χ2n) is 6.39. The molecule has 124 valence electrons. The highest BCUT2D eigenvalue weighted by atomic mass is 16.5. The Morgan fingerprint density at radius 3 is 2.70 bits per heavy atom. The molecule has 0 fully saturated rings. The summed E-state index contributed by atoms with van der Waals surface area (Å²) in [5, 5.41) is 0. The fourth-order valence-corrected chi connectivity index (χ4v) is 2.14. The Bertz CT molecular complexity index is 655. The fourth-order valence-electron chi connectivity index (χ4n) is 2.14. The number of nitrogens with zero attached hydrogens (tertiary/aromatic N) is 1. The summed E-state index contributed by atoms with van der Waals surface area (Å²) in [4.78, 5) is 31.3. The molecule has 0 aliphatic heterocycles. The van der Waals surface area contributed by atoms with Gasteiger partial charge in [-0.1, -0.05) is 19.1 Å². The van der Waals surface area contributed by atoms with Crippen LogP contribution in [-0.4, -0.2) is 28.3 Å². The number of imidazole rings is 1. The number of Topliss-reactive ketones (excluding diaryl/α,β-unsaturated/α-hetero) is 1. The van der Waals surface area contributed by atoms with Gasteiger partial charge in [0.15, 0.2) is 0 Å². The summed E-state index contributed by atoms with van der Waals surface area (Å²) < 4.78 is 5.23. The van der Waals surface area contributed by atoms with Crippen LogP contribution in [0.3, 0.4) is 0 Å². The number of aromatic nitrogens is 2. The highest BCUT2D eigenvalue weighted by Crippen LogP contribution is 2.21. The number of ether oxygens (including phenoxy) is 1. The molecule has 0 aliphatic rings. The molecule has 0 aliphatic carbocycles. The van der Waals surface area contributed by atoms with Crippen LogP contribution in [-0.2, 0) is 20.7 Å². The summed E-state index contributed by atoms with van der Waals surface area (Å²) in [5.74, 6) is 0.569. The quantitative estimate of drug-likeness (QED) is 0.598. The van der Waals surface area contributed by atoms with E-state index < -0.39 is 5.41 Å². The molecule has 0 saturated heterocycles. The summed E-state index contributed by atoms with van der Waals surface area (Å²) in [6.07, 6.45) is 1.95. The average Bonchev–Trinajstić information content (AvgIpc) is 2.93. The second kappa shape index (κ2) is 7.40. The first kappa shape index (κ1) is 17.2. The van der Waals surface area contributed by atoms with Crippen LogP contribution in [0.25, 0.3) is 11.0 Å². The van der Waals surface area contributed by atoms with Crippen molar-refractivity contribution in [2.24, 2.45) is 5.41 Å². The monoisotopic (exact) mass is 316 g/mol. The third kappa shape index (κ3) is 4.65. The summed E-state index contributed by atoms with van der Waals surface area (Å²) in [5.41, 5.74) is 1.34. The fraction of sp³-hybridized carbons (Fsp3) is 0.500. The maximum Gasteiger partial charge on any atom is 0.311 e. The van der Waals surface area contributed by atoms with Crippen LogP contribution in [0.5, 0.6) is 0 Å². The minimum Gasteiger partial charge on any atom is -0.465 e. The molecule has 1 aromatic carbocycles. The van der Waals surface area contributed by atoms with Gasteiger partial charge >= 0.3 is 5.97 Å².